The summed E-state index contributed by atoms with van der Waals surface area (Å²) in [5.74, 6) is -0.870. The number of thiophene rings is 1. The lowest BCUT2D eigenvalue weighted by Crippen LogP contribution is -2.04. The number of hydrogen-bond acceptors (Lipinski definition) is 3. The van der Waals surface area contributed by atoms with Gasteiger partial charge in [-0.3, -0.25) is 0 Å². The molecule has 3 nitrogen and oxygen atoms in total. The summed E-state index contributed by atoms with van der Waals surface area (Å²) in [6.45, 7) is 2.53. The van der Waals surface area contributed by atoms with E-state index in [0.29, 0.717) is 11.4 Å². The Labute approximate surface area is 118 Å². The van der Waals surface area contributed by atoms with Crippen LogP contribution in [0.25, 0.3) is 0 Å². The van der Waals surface area contributed by atoms with Gasteiger partial charge in [0.2, 0.25) is 0 Å². The van der Waals surface area contributed by atoms with Gasteiger partial charge in [0, 0.05) is 16.7 Å². The number of benzene rings is 1. The molecule has 0 saturated heterocycles. The Bertz CT molecular complexity index is 580. The highest BCUT2D eigenvalue weighted by molar-refractivity contribution is 9.10. The molecular formula is C13H12BrNO2S. The molecule has 18 heavy (non-hydrogen) atoms. The molecule has 5 heteroatoms. The second kappa shape index (κ2) is 5.54. The van der Waals surface area contributed by atoms with Crippen molar-refractivity contribution in [2.75, 3.05) is 5.32 Å². The van der Waals surface area contributed by atoms with E-state index >= 15 is 0 Å². The monoisotopic (exact) mass is 325 g/mol. The summed E-state index contributed by atoms with van der Waals surface area (Å²) in [4.78, 5) is 11.4. The number of anilines is 1. The summed E-state index contributed by atoms with van der Waals surface area (Å²) in [6, 6.07) is 7.85. The minimum Gasteiger partial charge on any atom is -0.477 e. The standard InChI is InChI=1S/C13H12BrNO2S/c1-8-2-3-10(14)11(6-8)15-7-9-4-5-18-12(9)13(16)17/h2-6,15H,7H2,1H3,(H,16,17). The van der Waals surface area contributed by atoms with E-state index in [4.69, 9.17) is 5.11 Å². The largest absolute Gasteiger partial charge is 0.477 e. The van der Waals surface area contributed by atoms with Crippen LogP contribution in [0.2, 0.25) is 0 Å². The van der Waals surface area contributed by atoms with Crippen molar-refractivity contribution >= 4 is 38.9 Å². The first-order valence-corrected chi connectivity index (χ1v) is 7.05. The van der Waals surface area contributed by atoms with Crippen LogP contribution >= 0.6 is 27.3 Å². The zero-order valence-corrected chi connectivity index (χ0v) is 12.1. The van der Waals surface area contributed by atoms with E-state index in [1.165, 1.54) is 11.3 Å². The fraction of sp³-hybridized carbons (Fsp3) is 0.154. The highest BCUT2D eigenvalue weighted by Crippen LogP contribution is 2.25. The Morgan fingerprint density at radius 2 is 2.22 bits per heavy atom. The third-order valence-electron chi connectivity index (χ3n) is 2.53. The zero-order chi connectivity index (χ0) is 13.1. The van der Waals surface area contributed by atoms with Crippen LogP contribution in [0.4, 0.5) is 5.69 Å². The van der Waals surface area contributed by atoms with Gasteiger partial charge in [0.05, 0.1) is 0 Å². The van der Waals surface area contributed by atoms with Crippen LogP contribution in [0.1, 0.15) is 20.8 Å². The predicted octanol–water partition coefficient (Wildman–Crippen LogP) is 4.13. The SMILES string of the molecule is Cc1ccc(Br)c(NCc2ccsc2C(=O)O)c1. The molecule has 2 N–H and O–H groups in total. The minimum absolute atomic E-state index is 0.395. The van der Waals surface area contributed by atoms with Gasteiger partial charge in [0.25, 0.3) is 0 Å². The molecule has 2 aromatic rings. The van der Waals surface area contributed by atoms with Crippen LogP contribution in [0.3, 0.4) is 0 Å². The molecule has 1 aromatic carbocycles. The highest BCUT2D eigenvalue weighted by atomic mass is 79.9. The molecule has 0 aliphatic rings. The van der Waals surface area contributed by atoms with Crippen LogP contribution in [-0.2, 0) is 6.54 Å². The molecular weight excluding hydrogens is 314 g/mol. The molecule has 0 fully saturated rings. The molecule has 2 rings (SSSR count). The van der Waals surface area contributed by atoms with E-state index in [9.17, 15) is 4.79 Å². The maximum atomic E-state index is 11.0. The third kappa shape index (κ3) is 2.91. The molecule has 0 unspecified atom stereocenters. The van der Waals surface area contributed by atoms with Gasteiger partial charge in [-0.15, -0.1) is 11.3 Å². The molecule has 0 aliphatic carbocycles. The molecule has 1 heterocycles. The first-order chi connectivity index (χ1) is 8.58. The van der Waals surface area contributed by atoms with E-state index in [1.807, 2.05) is 31.2 Å². The molecule has 0 aliphatic heterocycles. The van der Waals surface area contributed by atoms with E-state index in [1.54, 1.807) is 5.38 Å². The number of carboxylic acid groups (broad SMARTS) is 1. The molecule has 0 atom stereocenters. The average molecular weight is 326 g/mol. The Balaban J connectivity index is 2.14. The van der Waals surface area contributed by atoms with Crippen molar-refractivity contribution < 1.29 is 9.90 Å². The zero-order valence-electron chi connectivity index (χ0n) is 9.74. The van der Waals surface area contributed by atoms with Crippen molar-refractivity contribution in [2.24, 2.45) is 0 Å². The second-order valence-electron chi connectivity index (χ2n) is 3.92. The van der Waals surface area contributed by atoms with Crippen LogP contribution < -0.4 is 5.32 Å². The van der Waals surface area contributed by atoms with Gasteiger partial charge in [0.15, 0.2) is 0 Å². The second-order valence-corrected chi connectivity index (χ2v) is 5.69. The fourth-order valence-corrected chi connectivity index (χ4v) is 2.78. The summed E-state index contributed by atoms with van der Waals surface area (Å²) >= 11 is 4.71. The number of halogens is 1. The summed E-state index contributed by atoms with van der Waals surface area (Å²) in [6.07, 6.45) is 0. The smallest absolute Gasteiger partial charge is 0.346 e. The number of hydrogen-bond donors (Lipinski definition) is 2. The molecule has 0 spiro atoms. The van der Waals surface area contributed by atoms with Crippen LogP contribution in [0, 0.1) is 6.92 Å². The normalized spacial score (nSPS) is 10.3. The van der Waals surface area contributed by atoms with Crippen molar-refractivity contribution in [3.63, 3.8) is 0 Å². The molecule has 0 amide bonds. The van der Waals surface area contributed by atoms with Crippen LogP contribution in [-0.4, -0.2) is 11.1 Å². The summed E-state index contributed by atoms with van der Waals surface area (Å²) < 4.78 is 0.972. The van der Waals surface area contributed by atoms with E-state index in [2.05, 4.69) is 21.2 Å². The Kier molecular flexibility index (Phi) is 4.04. The number of carbonyl (C=O) groups is 1. The minimum atomic E-state index is -0.870. The number of aryl methyl sites for hydroxylation is 1. The van der Waals surface area contributed by atoms with Gasteiger partial charge in [-0.25, -0.2) is 4.79 Å². The predicted molar refractivity (Wildman–Crippen MR) is 77.5 cm³/mol. The van der Waals surface area contributed by atoms with E-state index in [-0.39, 0.29) is 0 Å². The van der Waals surface area contributed by atoms with E-state index in [0.717, 1.165) is 21.3 Å². The molecule has 0 saturated carbocycles. The first-order valence-electron chi connectivity index (χ1n) is 5.37. The van der Waals surface area contributed by atoms with Crippen molar-refractivity contribution in [1.82, 2.24) is 0 Å². The van der Waals surface area contributed by atoms with Gasteiger partial charge >= 0.3 is 5.97 Å². The summed E-state index contributed by atoms with van der Waals surface area (Å²) in [7, 11) is 0. The van der Waals surface area contributed by atoms with Gasteiger partial charge in [0.1, 0.15) is 4.88 Å². The lowest BCUT2D eigenvalue weighted by molar-refractivity contribution is 0.0701. The van der Waals surface area contributed by atoms with E-state index < -0.39 is 5.97 Å². The van der Waals surface area contributed by atoms with Gasteiger partial charge < -0.3 is 10.4 Å². The van der Waals surface area contributed by atoms with Crippen molar-refractivity contribution in [1.29, 1.82) is 0 Å². The molecule has 0 bridgehead atoms. The van der Waals surface area contributed by atoms with Crippen LogP contribution in [0.5, 0.6) is 0 Å². The molecule has 1 aromatic heterocycles. The third-order valence-corrected chi connectivity index (χ3v) is 4.17. The highest BCUT2D eigenvalue weighted by Gasteiger charge is 2.11. The van der Waals surface area contributed by atoms with Gasteiger partial charge in [-0.05, 0) is 57.6 Å². The van der Waals surface area contributed by atoms with Crippen molar-refractivity contribution in [3.05, 3.63) is 50.1 Å². The maximum Gasteiger partial charge on any atom is 0.346 e. The van der Waals surface area contributed by atoms with Gasteiger partial charge in [-0.1, -0.05) is 6.07 Å². The molecule has 94 valence electrons. The number of carboxylic acids is 1. The van der Waals surface area contributed by atoms with Crippen LogP contribution in [0.15, 0.2) is 34.1 Å². The number of nitrogens with one attached hydrogen (secondary N) is 1. The van der Waals surface area contributed by atoms with Gasteiger partial charge in [-0.2, -0.15) is 0 Å². The Hall–Kier alpha value is -1.33. The summed E-state index contributed by atoms with van der Waals surface area (Å²) in [5.41, 5.74) is 2.93. The summed E-state index contributed by atoms with van der Waals surface area (Å²) in [5, 5.41) is 14.1. The molecule has 0 radical (unpaired) electrons. The topological polar surface area (TPSA) is 49.3 Å². The fourth-order valence-electron chi connectivity index (χ4n) is 1.63. The average Bonchev–Trinajstić information content (AvgIpc) is 2.79. The number of rotatable bonds is 4. The van der Waals surface area contributed by atoms with Crippen molar-refractivity contribution in [2.45, 2.75) is 13.5 Å². The lowest BCUT2D eigenvalue weighted by Gasteiger charge is -2.09. The quantitative estimate of drug-likeness (QED) is 0.888. The Morgan fingerprint density at radius 3 is 2.94 bits per heavy atom. The first kappa shape index (κ1) is 13.1. The lowest BCUT2D eigenvalue weighted by atomic mass is 10.2. The maximum absolute atomic E-state index is 11.0. The van der Waals surface area contributed by atoms with Crippen molar-refractivity contribution in [3.8, 4) is 0 Å². The number of aromatic carboxylic acids is 1. The Morgan fingerprint density at radius 1 is 1.44 bits per heavy atom.